The second kappa shape index (κ2) is 6.98. The first-order chi connectivity index (χ1) is 10.1. The molecular weight excluding hydrogens is 279 g/mol. The highest BCUT2D eigenvalue weighted by Gasteiger charge is 2.22. The Morgan fingerprint density at radius 2 is 1.90 bits per heavy atom. The van der Waals surface area contributed by atoms with Crippen LogP contribution < -0.4 is 0 Å². The normalized spacial score (nSPS) is 20.1. The molecule has 1 aliphatic carbocycles. The van der Waals surface area contributed by atoms with E-state index >= 15 is 0 Å². The molecule has 0 radical (unpaired) electrons. The maximum Gasteiger partial charge on any atom is 0.495 e. The maximum atomic E-state index is 10.9. The minimum absolute atomic E-state index is 0.221. The van der Waals surface area contributed by atoms with E-state index in [9.17, 15) is 4.57 Å². The SMILES string of the molecule is CCC1=CC=CC(O[PH+]=O)C1=Cc1c(C)cc(C)cc1C. The third kappa shape index (κ3) is 3.58. The van der Waals surface area contributed by atoms with Gasteiger partial charge in [-0.25, -0.2) is 0 Å². The molecule has 3 heteroatoms. The smallest absolute Gasteiger partial charge is 0.136 e. The predicted octanol–water partition coefficient (Wildman–Crippen LogP) is 5.23. The molecule has 110 valence electrons. The van der Waals surface area contributed by atoms with Crippen LogP contribution in [0.25, 0.3) is 6.08 Å². The molecule has 0 spiro atoms. The molecule has 1 aromatic rings. The molecule has 0 N–H and O–H groups in total. The van der Waals surface area contributed by atoms with E-state index in [4.69, 9.17) is 4.52 Å². The Labute approximate surface area is 128 Å². The molecule has 2 atom stereocenters. The lowest BCUT2D eigenvalue weighted by Gasteiger charge is -2.19. The van der Waals surface area contributed by atoms with E-state index in [0.29, 0.717) is 0 Å². The number of allylic oxidation sites excluding steroid dienone is 2. The van der Waals surface area contributed by atoms with Crippen LogP contribution in [0.4, 0.5) is 0 Å². The summed E-state index contributed by atoms with van der Waals surface area (Å²) in [6, 6.07) is 4.39. The quantitative estimate of drug-likeness (QED) is 0.712. The molecule has 2 rings (SSSR count). The number of aryl methyl sites for hydroxylation is 3. The Morgan fingerprint density at radius 1 is 1.24 bits per heavy atom. The molecular formula is C18H22O2P+. The third-order valence-corrected chi connectivity index (χ3v) is 4.20. The Bertz CT molecular complexity index is 616. The van der Waals surface area contributed by atoms with Crippen molar-refractivity contribution in [2.75, 3.05) is 0 Å². The first-order valence-corrected chi connectivity index (χ1v) is 8.08. The Morgan fingerprint density at radius 3 is 2.48 bits per heavy atom. The molecule has 21 heavy (non-hydrogen) atoms. The molecule has 2 unspecified atom stereocenters. The van der Waals surface area contributed by atoms with Gasteiger partial charge in [0.15, 0.2) is 6.10 Å². The van der Waals surface area contributed by atoms with Gasteiger partial charge in [0.05, 0.1) is 0 Å². The fraction of sp³-hybridized carbons (Fsp3) is 0.333. The van der Waals surface area contributed by atoms with Gasteiger partial charge in [-0.1, -0.05) is 36.8 Å². The summed E-state index contributed by atoms with van der Waals surface area (Å²) in [7, 11) is -0.750. The molecule has 0 heterocycles. The summed E-state index contributed by atoms with van der Waals surface area (Å²) in [4.78, 5) is 0. The van der Waals surface area contributed by atoms with E-state index in [0.717, 1.165) is 12.0 Å². The Balaban J connectivity index is 2.52. The van der Waals surface area contributed by atoms with Gasteiger partial charge in [0.25, 0.3) is 0 Å². The molecule has 0 saturated heterocycles. The summed E-state index contributed by atoms with van der Waals surface area (Å²) in [5.74, 6) is 0. The standard InChI is InChI=1S/C18H22O2P/c1-5-15-7-6-8-18(20-21-19)17(15)11-16-13(3)9-12(2)10-14(16)4/h6-11,18,21H,5H2,1-4H3/q+1. The Hall–Kier alpha value is -1.50. The van der Waals surface area contributed by atoms with Crippen molar-refractivity contribution in [3.63, 3.8) is 0 Å². The molecule has 0 fully saturated rings. The van der Waals surface area contributed by atoms with E-state index in [-0.39, 0.29) is 6.10 Å². The van der Waals surface area contributed by atoms with Crippen LogP contribution in [0.3, 0.4) is 0 Å². The van der Waals surface area contributed by atoms with Gasteiger partial charge in [-0.05, 0) is 71.7 Å². The molecule has 1 aliphatic rings. The van der Waals surface area contributed by atoms with Gasteiger partial charge >= 0.3 is 8.69 Å². The number of rotatable bonds is 4. The fourth-order valence-corrected chi connectivity index (χ4v) is 3.19. The third-order valence-electron chi connectivity index (χ3n) is 3.85. The lowest BCUT2D eigenvalue weighted by Crippen LogP contribution is -2.13. The summed E-state index contributed by atoms with van der Waals surface area (Å²) in [5.41, 5.74) is 7.36. The van der Waals surface area contributed by atoms with Crippen LogP contribution >= 0.6 is 8.69 Å². The van der Waals surface area contributed by atoms with Crippen LogP contribution in [0, 0.1) is 20.8 Å². The van der Waals surface area contributed by atoms with Gasteiger partial charge in [0, 0.05) is 0 Å². The van der Waals surface area contributed by atoms with E-state index < -0.39 is 8.69 Å². The molecule has 2 nitrogen and oxygen atoms in total. The van der Waals surface area contributed by atoms with Gasteiger partial charge in [0.2, 0.25) is 0 Å². The number of hydrogen-bond donors (Lipinski definition) is 0. The summed E-state index contributed by atoms with van der Waals surface area (Å²) in [6.45, 7) is 8.50. The van der Waals surface area contributed by atoms with Gasteiger partial charge in [-0.15, -0.1) is 4.52 Å². The lowest BCUT2D eigenvalue weighted by molar-refractivity contribution is 0.311. The predicted molar refractivity (Wildman–Crippen MR) is 90.0 cm³/mol. The van der Waals surface area contributed by atoms with Crippen LogP contribution in [-0.2, 0) is 9.09 Å². The number of benzene rings is 1. The second-order valence-corrected chi connectivity index (χ2v) is 5.87. The zero-order valence-corrected chi connectivity index (χ0v) is 14.1. The van der Waals surface area contributed by atoms with Crippen molar-refractivity contribution in [1.82, 2.24) is 0 Å². The topological polar surface area (TPSA) is 26.3 Å². The maximum absolute atomic E-state index is 10.9. The van der Waals surface area contributed by atoms with Crippen molar-refractivity contribution in [2.45, 2.75) is 40.2 Å². The van der Waals surface area contributed by atoms with E-state index in [1.165, 1.54) is 27.8 Å². The molecule has 0 amide bonds. The molecule has 0 aliphatic heterocycles. The van der Waals surface area contributed by atoms with Crippen molar-refractivity contribution in [3.05, 3.63) is 63.8 Å². The van der Waals surface area contributed by atoms with Crippen LogP contribution in [0.5, 0.6) is 0 Å². The van der Waals surface area contributed by atoms with E-state index in [1.54, 1.807) is 0 Å². The summed E-state index contributed by atoms with van der Waals surface area (Å²) >= 11 is 0. The van der Waals surface area contributed by atoms with E-state index in [1.807, 2.05) is 12.2 Å². The zero-order chi connectivity index (χ0) is 15.4. The fourth-order valence-electron chi connectivity index (χ4n) is 2.88. The molecule has 0 bridgehead atoms. The number of hydrogen-bond acceptors (Lipinski definition) is 2. The summed E-state index contributed by atoms with van der Waals surface area (Å²) < 4.78 is 16.3. The monoisotopic (exact) mass is 301 g/mol. The average Bonchev–Trinajstić information content (AvgIpc) is 2.44. The first-order valence-electron chi connectivity index (χ1n) is 7.26. The van der Waals surface area contributed by atoms with Crippen LogP contribution in [-0.4, -0.2) is 6.10 Å². The van der Waals surface area contributed by atoms with Gasteiger partial charge < -0.3 is 0 Å². The summed E-state index contributed by atoms with van der Waals surface area (Å²) in [5, 5.41) is 0. The van der Waals surface area contributed by atoms with Crippen LogP contribution in [0.2, 0.25) is 0 Å². The van der Waals surface area contributed by atoms with Crippen molar-refractivity contribution in [3.8, 4) is 0 Å². The summed E-state index contributed by atoms with van der Waals surface area (Å²) in [6.07, 6.45) is 8.94. The van der Waals surface area contributed by atoms with Gasteiger partial charge in [-0.3, -0.25) is 0 Å². The van der Waals surface area contributed by atoms with Crippen molar-refractivity contribution < 1.29 is 9.09 Å². The Kier molecular flexibility index (Phi) is 5.27. The van der Waals surface area contributed by atoms with Crippen molar-refractivity contribution >= 4 is 14.8 Å². The molecule has 0 saturated carbocycles. The van der Waals surface area contributed by atoms with Gasteiger partial charge in [-0.2, -0.15) is 0 Å². The first kappa shape index (κ1) is 15.9. The van der Waals surface area contributed by atoms with Gasteiger partial charge in [0.1, 0.15) is 0 Å². The molecule has 1 aromatic carbocycles. The largest absolute Gasteiger partial charge is 0.495 e. The highest BCUT2D eigenvalue weighted by molar-refractivity contribution is 7.17. The zero-order valence-electron chi connectivity index (χ0n) is 13.1. The minimum Gasteiger partial charge on any atom is -0.136 e. The second-order valence-electron chi connectivity index (χ2n) is 5.46. The molecule has 0 aromatic heterocycles. The highest BCUT2D eigenvalue weighted by atomic mass is 31.1. The van der Waals surface area contributed by atoms with Crippen LogP contribution in [0.1, 0.15) is 35.6 Å². The van der Waals surface area contributed by atoms with Crippen molar-refractivity contribution in [1.29, 1.82) is 0 Å². The minimum atomic E-state index is -0.750. The average molecular weight is 301 g/mol. The lowest BCUT2D eigenvalue weighted by atomic mass is 9.89. The highest BCUT2D eigenvalue weighted by Crippen LogP contribution is 2.31. The van der Waals surface area contributed by atoms with Crippen LogP contribution in [0.15, 0.2) is 41.5 Å². The van der Waals surface area contributed by atoms with E-state index in [2.05, 4.69) is 52.0 Å². The van der Waals surface area contributed by atoms with Crippen molar-refractivity contribution in [2.24, 2.45) is 0 Å².